The van der Waals surface area contributed by atoms with Crippen molar-refractivity contribution in [2.24, 2.45) is 0 Å². The molecule has 0 radical (unpaired) electrons. The maximum absolute atomic E-state index is 6.32. The molecule has 1 aromatic heterocycles. The largest absolute Gasteiger partial charge is 0.493 e. The Balaban J connectivity index is 2.17. The Kier molecular flexibility index (Phi) is 6.84. The summed E-state index contributed by atoms with van der Waals surface area (Å²) in [7, 11) is 3.48. The predicted octanol–water partition coefficient (Wildman–Crippen LogP) is 3.84. The van der Waals surface area contributed by atoms with Gasteiger partial charge in [-0.15, -0.1) is 0 Å². The van der Waals surface area contributed by atoms with Gasteiger partial charge in [-0.2, -0.15) is 4.98 Å². The molecule has 2 rings (SSSR count). The lowest BCUT2D eigenvalue weighted by Gasteiger charge is -2.15. The zero-order valence-electron chi connectivity index (χ0n) is 15.2. The smallest absolute Gasteiger partial charge is 0.250 e. The van der Waals surface area contributed by atoms with Crippen LogP contribution in [0.3, 0.4) is 0 Å². The number of hydrogen-bond acceptors (Lipinski definition) is 6. The maximum atomic E-state index is 6.32. The number of ether oxygens (including phenoxy) is 2. The third-order valence-electron chi connectivity index (χ3n) is 3.49. The average molecular weight is 366 g/mol. The highest BCUT2D eigenvalue weighted by atomic mass is 35.5. The van der Waals surface area contributed by atoms with Crippen LogP contribution in [-0.4, -0.2) is 36.4 Å². The van der Waals surface area contributed by atoms with Crippen LogP contribution in [0.5, 0.6) is 11.5 Å². The minimum Gasteiger partial charge on any atom is -0.493 e. The fourth-order valence-electron chi connectivity index (χ4n) is 2.15. The molecule has 0 aliphatic carbocycles. The molecule has 0 aliphatic rings. The molecule has 7 heteroatoms. The summed E-state index contributed by atoms with van der Waals surface area (Å²) >= 11 is 6.32. The van der Waals surface area contributed by atoms with Gasteiger partial charge in [-0.05, 0) is 51.6 Å². The lowest BCUT2D eigenvalue weighted by atomic mass is 10.2. The normalized spacial score (nSPS) is 12.8. The van der Waals surface area contributed by atoms with E-state index < -0.39 is 0 Å². The first kappa shape index (κ1) is 19.3. The Morgan fingerprint density at radius 1 is 1.28 bits per heavy atom. The third-order valence-corrected chi connectivity index (χ3v) is 3.77. The van der Waals surface area contributed by atoms with E-state index in [2.05, 4.69) is 22.4 Å². The highest BCUT2D eigenvalue weighted by Gasteiger charge is 2.13. The Labute approximate surface area is 153 Å². The summed E-state index contributed by atoms with van der Waals surface area (Å²) in [5, 5.41) is 7.59. The molecule has 25 heavy (non-hydrogen) atoms. The van der Waals surface area contributed by atoms with Gasteiger partial charge in [0.2, 0.25) is 0 Å². The van der Waals surface area contributed by atoms with Crippen LogP contribution in [0.25, 0.3) is 12.2 Å². The van der Waals surface area contributed by atoms with Crippen LogP contribution >= 0.6 is 11.6 Å². The van der Waals surface area contributed by atoms with Crippen LogP contribution in [0, 0.1) is 0 Å². The standard InChI is InChI=1S/C18H24ClN3O3/c1-11(2)24-18-14(19)9-13(10-15(18)23-5)6-7-17-21-16(22-25-17)8-12(3)20-4/h6-7,9-12,20H,8H2,1-5H3/b7-6+. The Bertz CT molecular complexity index is 728. The number of hydrogen-bond donors (Lipinski definition) is 1. The quantitative estimate of drug-likeness (QED) is 0.766. The van der Waals surface area contributed by atoms with E-state index in [1.54, 1.807) is 19.3 Å². The molecule has 0 bridgehead atoms. The number of nitrogens with zero attached hydrogens (tertiary/aromatic N) is 2. The number of likely N-dealkylation sites (N-methyl/N-ethyl adjacent to an activating group) is 1. The molecule has 0 spiro atoms. The van der Waals surface area contributed by atoms with Crippen molar-refractivity contribution in [2.75, 3.05) is 14.2 Å². The van der Waals surface area contributed by atoms with E-state index in [4.69, 9.17) is 25.6 Å². The van der Waals surface area contributed by atoms with E-state index in [1.807, 2.05) is 33.0 Å². The summed E-state index contributed by atoms with van der Waals surface area (Å²) < 4.78 is 16.3. The molecule has 6 nitrogen and oxygen atoms in total. The lowest BCUT2D eigenvalue weighted by Crippen LogP contribution is -2.24. The van der Waals surface area contributed by atoms with E-state index in [0.717, 1.165) is 5.56 Å². The van der Waals surface area contributed by atoms with Gasteiger partial charge in [-0.1, -0.05) is 16.8 Å². The zero-order valence-corrected chi connectivity index (χ0v) is 15.9. The molecule has 1 aromatic carbocycles. The van der Waals surface area contributed by atoms with Crippen LogP contribution in [-0.2, 0) is 6.42 Å². The van der Waals surface area contributed by atoms with Crippen molar-refractivity contribution in [3.8, 4) is 11.5 Å². The van der Waals surface area contributed by atoms with Gasteiger partial charge in [0.15, 0.2) is 17.3 Å². The molecule has 1 heterocycles. The van der Waals surface area contributed by atoms with Crippen LogP contribution in [0.2, 0.25) is 5.02 Å². The number of aromatic nitrogens is 2. The third kappa shape index (κ3) is 5.47. The van der Waals surface area contributed by atoms with Gasteiger partial charge in [-0.25, -0.2) is 0 Å². The maximum Gasteiger partial charge on any atom is 0.250 e. The van der Waals surface area contributed by atoms with Crippen molar-refractivity contribution in [3.63, 3.8) is 0 Å². The summed E-state index contributed by atoms with van der Waals surface area (Å²) in [6.07, 6.45) is 4.29. The fourth-order valence-corrected chi connectivity index (χ4v) is 2.41. The van der Waals surface area contributed by atoms with Crippen LogP contribution in [0.1, 0.15) is 38.0 Å². The Morgan fingerprint density at radius 2 is 2.04 bits per heavy atom. The topological polar surface area (TPSA) is 69.4 Å². The lowest BCUT2D eigenvalue weighted by molar-refractivity contribution is 0.230. The molecular weight excluding hydrogens is 342 g/mol. The highest BCUT2D eigenvalue weighted by molar-refractivity contribution is 6.32. The number of methoxy groups -OCH3 is 1. The molecular formula is C18H24ClN3O3. The van der Waals surface area contributed by atoms with Gasteiger partial charge in [0.25, 0.3) is 5.89 Å². The van der Waals surface area contributed by atoms with E-state index >= 15 is 0 Å². The summed E-state index contributed by atoms with van der Waals surface area (Å²) in [5.74, 6) is 2.22. The Hall–Kier alpha value is -2.05. The molecule has 0 aliphatic heterocycles. The van der Waals surface area contributed by atoms with Crippen molar-refractivity contribution >= 4 is 23.8 Å². The molecule has 0 fully saturated rings. The van der Waals surface area contributed by atoms with Crippen LogP contribution in [0.15, 0.2) is 16.7 Å². The predicted molar refractivity (Wildman–Crippen MR) is 99.2 cm³/mol. The summed E-state index contributed by atoms with van der Waals surface area (Å²) in [6.45, 7) is 5.93. The van der Waals surface area contributed by atoms with Gasteiger partial charge in [0.1, 0.15) is 0 Å². The summed E-state index contributed by atoms with van der Waals surface area (Å²) in [4.78, 5) is 4.34. The fraction of sp³-hybridized carbons (Fsp3) is 0.444. The van der Waals surface area contributed by atoms with Gasteiger partial charge in [0, 0.05) is 18.5 Å². The number of rotatable bonds is 8. The average Bonchev–Trinajstić information content (AvgIpc) is 3.01. The van der Waals surface area contributed by atoms with E-state index in [9.17, 15) is 0 Å². The molecule has 1 N–H and O–H groups in total. The molecule has 1 unspecified atom stereocenters. The van der Waals surface area contributed by atoms with Gasteiger partial charge in [0.05, 0.1) is 18.2 Å². The van der Waals surface area contributed by atoms with Gasteiger partial charge < -0.3 is 19.3 Å². The first-order valence-corrected chi connectivity index (χ1v) is 8.52. The van der Waals surface area contributed by atoms with Gasteiger partial charge >= 0.3 is 0 Å². The highest BCUT2D eigenvalue weighted by Crippen LogP contribution is 2.37. The second kappa shape index (κ2) is 8.87. The van der Waals surface area contributed by atoms with Gasteiger partial charge in [-0.3, -0.25) is 0 Å². The minimum atomic E-state index is 0.00427. The van der Waals surface area contributed by atoms with Crippen molar-refractivity contribution in [2.45, 2.75) is 39.3 Å². The number of nitrogens with one attached hydrogen (secondary N) is 1. The second-order valence-corrected chi connectivity index (χ2v) is 6.38. The molecule has 136 valence electrons. The number of halogens is 1. The van der Waals surface area contributed by atoms with E-state index in [0.29, 0.717) is 34.7 Å². The number of benzene rings is 1. The van der Waals surface area contributed by atoms with Crippen molar-refractivity contribution in [3.05, 3.63) is 34.4 Å². The summed E-state index contributed by atoms with van der Waals surface area (Å²) in [5.41, 5.74) is 0.848. The SMILES string of the molecule is CNC(C)Cc1noc(/C=C/c2cc(Cl)c(OC(C)C)c(OC)c2)n1. The zero-order chi connectivity index (χ0) is 18.4. The molecule has 2 aromatic rings. The molecule has 0 saturated heterocycles. The van der Waals surface area contributed by atoms with E-state index in [-0.39, 0.29) is 12.1 Å². The summed E-state index contributed by atoms with van der Waals surface area (Å²) in [6, 6.07) is 3.94. The Morgan fingerprint density at radius 3 is 2.68 bits per heavy atom. The second-order valence-electron chi connectivity index (χ2n) is 5.98. The van der Waals surface area contributed by atoms with Crippen molar-refractivity contribution in [1.82, 2.24) is 15.5 Å². The molecule has 1 atom stereocenters. The first-order chi connectivity index (χ1) is 11.9. The first-order valence-electron chi connectivity index (χ1n) is 8.15. The monoisotopic (exact) mass is 365 g/mol. The van der Waals surface area contributed by atoms with Crippen LogP contribution < -0.4 is 14.8 Å². The van der Waals surface area contributed by atoms with Crippen molar-refractivity contribution < 1.29 is 14.0 Å². The molecule has 0 saturated carbocycles. The van der Waals surface area contributed by atoms with E-state index in [1.165, 1.54) is 0 Å². The van der Waals surface area contributed by atoms with Crippen LogP contribution in [0.4, 0.5) is 0 Å². The van der Waals surface area contributed by atoms with Crippen molar-refractivity contribution in [1.29, 1.82) is 0 Å². The minimum absolute atomic E-state index is 0.00427. The molecule has 0 amide bonds.